The maximum absolute atomic E-state index is 5.94. The second-order valence-corrected chi connectivity index (χ2v) is 4.63. The van der Waals surface area contributed by atoms with E-state index in [9.17, 15) is 0 Å². The number of benzene rings is 2. The van der Waals surface area contributed by atoms with Gasteiger partial charge in [0.2, 0.25) is 0 Å². The van der Waals surface area contributed by atoms with E-state index in [0.29, 0.717) is 23.6 Å². The molecule has 8 N–H and O–H groups in total. The van der Waals surface area contributed by atoms with Crippen LogP contribution in [0.5, 0.6) is 0 Å². The molecule has 0 aliphatic rings. The fraction of sp³-hybridized carbons (Fsp3) is 0.143. The summed E-state index contributed by atoms with van der Waals surface area (Å²) >= 11 is 0. The molecule has 0 atom stereocenters. The molecule has 0 aliphatic heterocycles. The molecule has 5 heteroatoms. The summed E-state index contributed by atoms with van der Waals surface area (Å²) in [5.41, 5.74) is 27.8. The molecule has 0 unspecified atom stereocenters. The molecule has 0 saturated carbocycles. The van der Waals surface area contributed by atoms with Gasteiger partial charge in [-0.05, 0) is 42.0 Å². The van der Waals surface area contributed by atoms with Crippen LogP contribution in [0.15, 0.2) is 36.4 Å². The van der Waals surface area contributed by atoms with E-state index in [2.05, 4.69) is 0 Å². The van der Waals surface area contributed by atoms with E-state index in [1.54, 1.807) is 12.1 Å². The molecule has 0 aliphatic carbocycles. The molecule has 2 rings (SSSR count). The maximum Gasteiger partial charge on any atom is 0.0568 e. The summed E-state index contributed by atoms with van der Waals surface area (Å²) in [5.74, 6) is 0. The Bertz CT molecular complexity index is 594. The van der Waals surface area contributed by atoms with Gasteiger partial charge in [0.05, 0.1) is 11.4 Å². The standard InChI is InChI=1S/C14H19N5/c1-19(11-3-5-13(17)14(18)7-11)8-9-6-10(15)2-4-12(9)16/h2-7H,8,15-18H2,1H3. The lowest BCUT2D eigenvalue weighted by Crippen LogP contribution is -2.17. The number of nitrogen functional groups attached to an aromatic ring is 4. The molecular formula is C14H19N5. The molecule has 0 fully saturated rings. The second kappa shape index (κ2) is 4.97. The summed E-state index contributed by atoms with van der Waals surface area (Å²) in [6.45, 7) is 0.653. The summed E-state index contributed by atoms with van der Waals surface area (Å²) in [6.07, 6.45) is 0. The third-order valence-corrected chi connectivity index (χ3v) is 3.09. The van der Waals surface area contributed by atoms with Gasteiger partial charge in [0.25, 0.3) is 0 Å². The van der Waals surface area contributed by atoms with Crippen LogP contribution >= 0.6 is 0 Å². The lowest BCUT2D eigenvalue weighted by Gasteiger charge is -2.21. The van der Waals surface area contributed by atoms with Crippen LogP contribution in [-0.2, 0) is 6.54 Å². The summed E-state index contributed by atoms with van der Waals surface area (Å²) in [4.78, 5) is 2.04. The highest BCUT2D eigenvalue weighted by molar-refractivity contribution is 5.70. The number of nitrogens with two attached hydrogens (primary N) is 4. The first-order valence-corrected chi connectivity index (χ1v) is 5.97. The molecule has 0 amide bonds. The molecule has 100 valence electrons. The van der Waals surface area contributed by atoms with Crippen molar-refractivity contribution in [1.82, 2.24) is 0 Å². The predicted molar refractivity (Wildman–Crippen MR) is 82.6 cm³/mol. The van der Waals surface area contributed by atoms with Gasteiger partial charge in [-0.25, -0.2) is 0 Å². The Morgan fingerprint density at radius 1 is 0.842 bits per heavy atom. The smallest absolute Gasteiger partial charge is 0.0568 e. The Morgan fingerprint density at radius 3 is 2.21 bits per heavy atom. The van der Waals surface area contributed by atoms with E-state index in [4.69, 9.17) is 22.9 Å². The predicted octanol–water partition coefficient (Wildman–Crippen LogP) is 1.65. The maximum atomic E-state index is 5.94. The van der Waals surface area contributed by atoms with Crippen LogP contribution in [0.1, 0.15) is 5.56 Å². The van der Waals surface area contributed by atoms with Gasteiger partial charge < -0.3 is 27.8 Å². The molecule has 0 aromatic heterocycles. The number of anilines is 5. The van der Waals surface area contributed by atoms with Crippen molar-refractivity contribution < 1.29 is 0 Å². The van der Waals surface area contributed by atoms with Crippen LogP contribution in [0.3, 0.4) is 0 Å². The monoisotopic (exact) mass is 257 g/mol. The zero-order valence-electron chi connectivity index (χ0n) is 10.9. The van der Waals surface area contributed by atoms with E-state index < -0.39 is 0 Å². The molecular weight excluding hydrogens is 238 g/mol. The SMILES string of the molecule is CN(Cc1cc(N)ccc1N)c1ccc(N)c(N)c1. The van der Waals surface area contributed by atoms with Crippen molar-refractivity contribution in [2.24, 2.45) is 0 Å². The fourth-order valence-electron chi connectivity index (χ4n) is 1.91. The largest absolute Gasteiger partial charge is 0.399 e. The van der Waals surface area contributed by atoms with Crippen LogP contribution in [0.25, 0.3) is 0 Å². The number of hydrogen-bond donors (Lipinski definition) is 4. The molecule has 19 heavy (non-hydrogen) atoms. The van der Waals surface area contributed by atoms with E-state index in [1.165, 1.54) is 0 Å². The molecule has 5 nitrogen and oxygen atoms in total. The van der Waals surface area contributed by atoms with Crippen molar-refractivity contribution in [3.05, 3.63) is 42.0 Å². The first kappa shape index (κ1) is 12.9. The Labute approximate surface area is 112 Å². The van der Waals surface area contributed by atoms with Gasteiger partial charge in [0.1, 0.15) is 0 Å². The Kier molecular flexibility index (Phi) is 3.37. The van der Waals surface area contributed by atoms with Gasteiger partial charge in [0.15, 0.2) is 0 Å². The molecule has 0 bridgehead atoms. The average Bonchev–Trinajstić information content (AvgIpc) is 2.37. The van der Waals surface area contributed by atoms with Gasteiger partial charge in [-0.2, -0.15) is 0 Å². The van der Waals surface area contributed by atoms with Gasteiger partial charge in [0, 0.05) is 30.7 Å². The Balaban J connectivity index is 2.22. The third kappa shape index (κ3) is 2.82. The quantitative estimate of drug-likeness (QED) is 0.625. The topological polar surface area (TPSA) is 107 Å². The van der Waals surface area contributed by atoms with Gasteiger partial charge >= 0.3 is 0 Å². The summed E-state index contributed by atoms with van der Waals surface area (Å²) in [7, 11) is 1.97. The van der Waals surface area contributed by atoms with Crippen LogP contribution in [0, 0.1) is 0 Å². The third-order valence-electron chi connectivity index (χ3n) is 3.09. The van der Waals surface area contributed by atoms with Crippen molar-refractivity contribution >= 4 is 28.4 Å². The summed E-state index contributed by atoms with van der Waals surface area (Å²) in [5, 5.41) is 0. The second-order valence-electron chi connectivity index (χ2n) is 4.63. The van der Waals surface area contributed by atoms with Crippen LogP contribution < -0.4 is 27.8 Å². The highest BCUT2D eigenvalue weighted by Crippen LogP contribution is 2.25. The Hall–Kier alpha value is -2.56. The minimum atomic E-state index is 0.574. The normalized spacial score (nSPS) is 10.4. The molecule has 0 spiro atoms. The van der Waals surface area contributed by atoms with E-state index in [1.807, 2.05) is 36.2 Å². The van der Waals surface area contributed by atoms with Crippen LogP contribution in [0.2, 0.25) is 0 Å². The first-order chi connectivity index (χ1) is 8.97. The molecule has 0 heterocycles. The zero-order valence-corrected chi connectivity index (χ0v) is 10.9. The van der Waals surface area contributed by atoms with Crippen molar-refractivity contribution in [3.63, 3.8) is 0 Å². The zero-order chi connectivity index (χ0) is 14.0. The number of rotatable bonds is 3. The molecule has 2 aromatic rings. The van der Waals surface area contributed by atoms with Crippen molar-refractivity contribution in [3.8, 4) is 0 Å². The van der Waals surface area contributed by atoms with Gasteiger partial charge in [-0.1, -0.05) is 0 Å². The highest BCUT2D eigenvalue weighted by Gasteiger charge is 2.07. The van der Waals surface area contributed by atoms with Gasteiger partial charge in [-0.15, -0.1) is 0 Å². The molecule has 2 aromatic carbocycles. The molecule has 0 saturated heterocycles. The number of nitrogens with zero attached hydrogens (tertiary/aromatic N) is 1. The minimum absolute atomic E-state index is 0.574. The summed E-state index contributed by atoms with van der Waals surface area (Å²) in [6, 6.07) is 11.1. The lowest BCUT2D eigenvalue weighted by molar-refractivity contribution is 0.926. The fourth-order valence-corrected chi connectivity index (χ4v) is 1.91. The van der Waals surface area contributed by atoms with Crippen molar-refractivity contribution in [2.45, 2.75) is 6.54 Å². The lowest BCUT2D eigenvalue weighted by atomic mass is 10.1. The van der Waals surface area contributed by atoms with Crippen LogP contribution in [-0.4, -0.2) is 7.05 Å². The average molecular weight is 257 g/mol. The van der Waals surface area contributed by atoms with E-state index >= 15 is 0 Å². The van der Waals surface area contributed by atoms with Crippen molar-refractivity contribution in [2.75, 3.05) is 34.9 Å². The number of hydrogen-bond acceptors (Lipinski definition) is 5. The minimum Gasteiger partial charge on any atom is -0.399 e. The van der Waals surface area contributed by atoms with Crippen LogP contribution in [0.4, 0.5) is 28.4 Å². The van der Waals surface area contributed by atoms with E-state index in [0.717, 1.165) is 16.9 Å². The Morgan fingerprint density at radius 2 is 1.53 bits per heavy atom. The summed E-state index contributed by atoms with van der Waals surface area (Å²) < 4.78 is 0. The molecule has 0 radical (unpaired) electrons. The first-order valence-electron chi connectivity index (χ1n) is 5.97. The van der Waals surface area contributed by atoms with Gasteiger partial charge in [-0.3, -0.25) is 0 Å². The van der Waals surface area contributed by atoms with E-state index in [-0.39, 0.29) is 0 Å². The highest BCUT2D eigenvalue weighted by atomic mass is 15.1. The van der Waals surface area contributed by atoms with Crippen molar-refractivity contribution in [1.29, 1.82) is 0 Å².